The molecule has 0 unspecified atom stereocenters. The molecule has 0 aliphatic carbocycles. The molecule has 12 heteroatoms. The van der Waals surface area contributed by atoms with Crippen molar-refractivity contribution in [2.24, 2.45) is 5.14 Å². The molecule has 0 atom stereocenters. The number of anilines is 1. The zero-order valence-electron chi connectivity index (χ0n) is 16.5. The smallest absolute Gasteiger partial charge is 0.262 e. The second-order valence-electron chi connectivity index (χ2n) is 6.47. The Hall–Kier alpha value is -3.00. The third kappa shape index (κ3) is 6.74. The van der Waals surface area contributed by atoms with Crippen molar-refractivity contribution < 1.29 is 22.7 Å². The number of carbonyl (C=O) groups excluding carboxylic acids is 1. The minimum absolute atomic E-state index is 0.0121. The summed E-state index contributed by atoms with van der Waals surface area (Å²) < 4.78 is 34.1. The summed E-state index contributed by atoms with van der Waals surface area (Å²) in [5, 5.41) is 8.23. The molecule has 8 nitrogen and oxygen atoms in total. The molecule has 0 bridgehead atoms. The van der Waals surface area contributed by atoms with Crippen LogP contribution in [0.5, 0.6) is 17.2 Å². The van der Waals surface area contributed by atoms with E-state index in [0.717, 1.165) is 6.07 Å². The molecule has 3 rings (SSSR count). The molecule has 0 fully saturated rings. The minimum atomic E-state index is -3.93. The van der Waals surface area contributed by atoms with Crippen LogP contribution in [0, 0.1) is 6.57 Å². The zero-order chi connectivity index (χ0) is 24.2. The van der Waals surface area contributed by atoms with Crippen LogP contribution in [0.3, 0.4) is 0 Å². The number of primary sulfonamides is 1. The van der Waals surface area contributed by atoms with Gasteiger partial charge in [-0.3, -0.25) is 4.79 Å². The number of ether oxygens (including phenoxy) is 2. The molecule has 0 aromatic heterocycles. The van der Waals surface area contributed by atoms with Crippen molar-refractivity contribution in [3.05, 3.63) is 81.1 Å². The summed E-state index contributed by atoms with van der Waals surface area (Å²) in [5.41, 5.74) is 0.461. The van der Waals surface area contributed by atoms with E-state index < -0.39 is 22.5 Å². The molecule has 0 heterocycles. The van der Waals surface area contributed by atoms with Gasteiger partial charge < -0.3 is 14.8 Å². The van der Waals surface area contributed by atoms with Gasteiger partial charge in [0.2, 0.25) is 10.0 Å². The van der Waals surface area contributed by atoms with Crippen molar-refractivity contribution in [2.45, 2.75) is 4.90 Å². The fourth-order valence-corrected chi connectivity index (χ4v) is 3.80. The molecule has 3 N–H and O–H groups in total. The monoisotopic (exact) mass is 525 g/mol. The van der Waals surface area contributed by atoms with E-state index >= 15 is 0 Å². The molecular weight excluding hydrogens is 513 g/mol. The number of halogens is 3. The van der Waals surface area contributed by atoms with Gasteiger partial charge >= 0.3 is 0 Å². The summed E-state index contributed by atoms with van der Waals surface area (Å²) in [6.07, 6.45) is 0. The average molecular weight is 527 g/mol. The molecule has 0 aliphatic heterocycles. The lowest BCUT2D eigenvalue weighted by Crippen LogP contribution is -2.20. The van der Waals surface area contributed by atoms with E-state index in [-0.39, 0.29) is 38.5 Å². The maximum absolute atomic E-state index is 12.3. The Labute approximate surface area is 204 Å². The molecule has 0 spiro atoms. The van der Waals surface area contributed by atoms with Crippen LogP contribution in [0.25, 0.3) is 4.85 Å². The predicted octanol–water partition coefficient (Wildman–Crippen LogP) is 5.65. The first kappa shape index (κ1) is 24.6. The van der Waals surface area contributed by atoms with Crippen molar-refractivity contribution in [3.8, 4) is 17.2 Å². The van der Waals surface area contributed by atoms with Crippen LogP contribution >= 0.6 is 34.8 Å². The molecule has 0 saturated carbocycles. The van der Waals surface area contributed by atoms with Gasteiger partial charge in [0, 0.05) is 16.1 Å². The number of hydrogen-bond acceptors (Lipinski definition) is 5. The van der Waals surface area contributed by atoms with E-state index in [0.29, 0.717) is 10.0 Å². The van der Waals surface area contributed by atoms with E-state index in [1.807, 2.05) is 0 Å². The van der Waals surface area contributed by atoms with Gasteiger partial charge in [0.1, 0.15) is 5.75 Å². The van der Waals surface area contributed by atoms with Gasteiger partial charge in [0.15, 0.2) is 23.8 Å². The molecule has 0 aliphatic rings. The summed E-state index contributed by atoms with van der Waals surface area (Å²) in [4.78, 5) is 15.5. The maximum Gasteiger partial charge on any atom is 0.262 e. The van der Waals surface area contributed by atoms with Crippen LogP contribution in [0.1, 0.15) is 0 Å². The molecule has 3 aromatic carbocycles. The number of rotatable bonds is 7. The second kappa shape index (κ2) is 10.3. The van der Waals surface area contributed by atoms with Crippen LogP contribution in [0.2, 0.25) is 15.1 Å². The standard InChI is InChI=1S/C21H14Cl3N3O5S/c1-26-14-6-13(23)7-15(9-14)32-20-8-12(22)2-5-19(20)31-11-21(28)27-18-4-3-16(10-17(18)24)33(25,29)30/h2-10H,11H2,(H,27,28)(H2,25,29,30). The largest absolute Gasteiger partial charge is 0.480 e. The molecule has 0 saturated heterocycles. The Kier molecular flexibility index (Phi) is 7.68. The fraction of sp³-hybridized carbons (Fsp3) is 0.0476. The number of sulfonamides is 1. The Balaban J connectivity index is 1.72. The molecule has 0 radical (unpaired) electrons. The van der Waals surface area contributed by atoms with Gasteiger partial charge in [0.25, 0.3) is 5.91 Å². The van der Waals surface area contributed by atoms with Crippen molar-refractivity contribution >= 4 is 62.1 Å². The molecule has 33 heavy (non-hydrogen) atoms. The molecule has 170 valence electrons. The predicted molar refractivity (Wildman–Crippen MR) is 126 cm³/mol. The fourth-order valence-electron chi connectivity index (χ4n) is 2.58. The van der Waals surface area contributed by atoms with Gasteiger partial charge in [-0.1, -0.05) is 34.8 Å². The highest BCUT2D eigenvalue weighted by molar-refractivity contribution is 7.89. The quantitative estimate of drug-likeness (QED) is 0.386. The Morgan fingerprint density at radius 3 is 2.42 bits per heavy atom. The Morgan fingerprint density at radius 1 is 1.00 bits per heavy atom. The minimum Gasteiger partial charge on any atom is -0.480 e. The van der Waals surface area contributed by atoms with Crippen molar-refractivity contribution in [1.29, 1.82) is 0 Å². The summed E-state index contributed by atoms with van der Waals surface area (Å²) in [7, 11) is -3.93. The average Bonchev–Trinajstić information content (AvgIpc) is 2.73. The Morgan fingerprint density at radius 2 is 1.76 bits per heavy atom. The second-order valence-corrected chi connectivity index (χ2v) is 9.32. The number of hydrogen-bond donors (Lipinski definition) is 2. The SMILES string of the molecule is [C-]#[N+]c1cc(Cl)cc(Oc2cc(Cl)ccc2OCC(=O)Nc2ccc(S(N)(=O)=O)cc2Cl)c1. The van der Waals surface area contributed by atoms with E-state index in [1.165, 1.54) is 42.5 Å². The number of nitrogens with zero attached hydrogens (tertiary/aromatic N) is 1. The lowest BCUT2D eigenvalue weighted by Gasteiger charge is -2.14. The highest BCUT2D eigenvalue weighted by atomic mass is 35.5. The van der Waals surface area contributed by atoms with Gasteiger partial charge in [-0.05, 0) is 48.5 Å². The number of benzene rings is 3. The van der Waals surface area contributed by atoms with Crippen LogP contribution in [0.15, 0.2) is 59.5 Å². The van der Waals surface area contributed by atoms with Crippen LogP contribution in [-0.4, -0.2) is 20.9 Å². The third-order valence-corrected chi connectivity index (χ3v) is 5.70. The van der Waals surface area contributed by atoms with Crippen LogP contribution in [0.4, 0.5) is 11.4 Å². The topological polar surface area (TPSA) is 112 Å². The van der Waals surface area contributed by atoms with E-state index in [4.69, 9.17) is 56.0 Å². The molecule has 3 aromatic rings. The molecule has 1 amide bonds. The summed E-state index contributed by atoms with van der Waals surface area (Å²) in [6.45, 7) is 6.71. The summed E-state index contributed by atoms with van der Waals surface area (Å²) >= 11 is 18.1. The maximum atomic E-state index is 12.3. The lowest BCUT2D eigenvalue weighted by molar-refractivity contribution is -0.118. The summed E-state index contributed by atoms with van der Waals surface area (Å²) in [5.74, 6) is 0.115. The van der Waals surface area contributed by atoms with E-state index in [1.54, 1.807) is 6.07 Å². The van der Waals surface area contributed by atoms with Crippen LogP contribution < -0.4 is 19.9 Å². The normalized spacial score (nSPS) is 10.9. The highest BCUT2D eigenvalue weighted by Gasteiger charge is 2.14. The van der Waals surface area contributed by atoms with Crippen LogP contribution in [-0.2, 0) is 14.8 Å². The number of nitrogens with one attached hydrogen (secondary N) is 1. The first-order valence-corrected chi connectivity index (χ1v) is 11.6. The third-order valence-electron chi connectivity index (χ3n) is 4.02. The van der Waals surface area contributed by atoms with Gasteiger partial charge in [-0.25, -0.2) is 18.4 Å². The van der Waals surface area contributed by atoms with Gasteiger partial charge in [-0.15, -0.1) is 0 Å². The molecular formula is C21H14Cl3N3O5S. The lowest BCUT2D eigenvalue weighted by atomic mass is 10.3. The zero-order valence-corrected chi connectivity index (χ0v) is 19.6. The van der Waals surface area contributed by atoms with Gasteiger partial charge in [0.05, 0.1) is 22.2 Å². The summed E-state index contributed by atoms with van der Waals surface area (Å²) in [6, 6.07) is 12.7. The number of carbonyl (C=O) groups is 1. The van der Waals surface area contributed by atoms with Gasteiger partial charge in [-0.2, -0.15) is 0 Å². The highest BCUT2D eigenvalue weighted by Crippen LogP contribution is 2.36. The first-order chi connectivity index (χ1) is 15.5. The van der Waals surface area contributed by atoms with Crippen molar-refractivity contribution in [3.63, 3.8) is 0 Å². The van der Waals surface area contributed by atoms with Crippen molar-refractivity contribution in [1.82, 2.24) is 0 Å². The first-order valence-electron chi connectivity index (χ1n) is 8.95. The number of nitrogens with two attached hydrogens (primary N) is 1. The van der Waals surface area contributed by atoms with Crippen molar-refractivity contribution in [2.75, 3.05) is 11.9 Å². The number of amides is 1. The van der Waals surface area contributed by atoms with E-state index in [9.17, 15) is 13.2 Å². The van der Waals surface area contributed by atoms with E-state index in [2.05, 4.69) is 10.2 Å². The Bertz CT molecular complexity index is 1370.